The van der Waals surface area contributed by atoms with E-state index >= 15 is 0 Å². The summed E-state index contributed by atoms with van der Waals surface area (Å²) in [6.07, 6.45) is 6.68. The van der Waals surface area contributed by atoms with Gasteiger partial charge in [0.25, 0.3) is 0 Å². The molecule has 2 heteroatoms. The molecule has 0 aliphatic heterocycles. The third-order valence-electron chi connectivity index (χ3n) is 3.85. The normalized spacial score (nSPS) is 23.3. The van der Waals surface area contributed by atoms with E-state index < -0.39 is 0 Å². The van der Waals surface area contributed by atoms with E-state index in [0.29, 0.717) is 6.10 Å². The zero-order valence-electron chi connectivity index (χ0n) is 12.3. The van der Waals surface area contributed by atoms with Gasteiger partial charge in [0.05, 0.1) is 6.10 Å². The van der Waals surface area contributed by atoms with Gasteiger partial charge in [0, 0.05) is 6.54 Å². The zero-order chi connectivity index (χ0) is 13.5. The second kappa shape index (κ2) is 7.54. The molecule has 106 valence electrons. The lowest BCUT2D eigenvalue weighted by Gasteiger charge is -2.27. The van der Waals surface area contributed by atoms with E-state index in [1.807, 2.05) is 0 Å². The second-order valence-electron chi connectivity index (χ2n) is 5.84. The Morgan fingerprint density at radius 1 is 1.32 bits per heavy atom. The largest absolute Gasteiger partial charge is 0.490 e. The second-order valence-corrected chi connectivity index (χ2v) is 5.84. The molecule has 0 bridgehead atoms. The summed E-state index contributed by atoms with van der Waals surface area (Å²) >= 11 is 0. The molecular formula is C17H27NO. The van der Waals surface area contributed by atoms with Gasteiger partial charge < -0.3 is 10.1 Å². The van der Waals surface area contributed by atoms with E-state index in [0.717, 1.165) is 24.8 Å². The highest BCUT2D eigenvalue weighted by Gasteiger charge is 2.20. The van der Waals surface area contributed by atoms with Gasteiger partial charge in [0.1, 0.15) is 5.75 Å². The topological polar surface area (TPSA) is 21.3 Å². The van der Waals surface area contributed by atoms with Gasteiger partial charge in [-0.3, -0.25) is 0 Å². The van der Waals surface area contributed by atoms with Crippen LogP contribution in [-0.2, 0) is 6.54 Å². The number of ether oxygens (including phenoxy) is 1. The number of nitrogens with one attached hydrogen (secondary N) is 1. The van der Waals surface area contributed by atoms with Gasteiger partial charge >= 0.3 is 0 Å². The summed E-state index contributed by atoms with van der Waals surface area (Å²) in [4.78, 5) is 0. The van der Waals surface area contributed by atoms with Crippen LogP contribution >= 0.6 is 0 Å². The van der Waals surface area contributed by atoms with Crippen LogP contribution in [0.2, 0.25) is 0 Å². The average molecular weight is 261 g/mol. The summed E-state index contributed by atoms with van der Waals surface area (Å²) in [5.74, 6) is 1.85. The quantitative estimate of drug-likeness (QED) is 0.777. The van der Waals surface area contributed by atoms with Crippen molar-refractivity contribution in [3.8, 4) is 5.75 Å². The van der Waals surface area contributed by atoms with Crippen molar-refractivity contribution < 1.29 is 4.74 Å². The molecule has 0 amide bonds. The van der Waals surface area contributed by atoms with Crippen LogP contribution in [0.5, 0.6) is 5.75 Å². The van der Waals surface area contributed by atoms with Gasteiger partial charge in [-0.05, 0) is 55.8 Å². The Balaban J connectivity index is 1.87. The highest BCUT2D eigenvalue weighted by molar-refractivity contribution is 5.28. The summed E-state index contributed by atoms with van der Waals surface area (Å²) in [5.41, 5.74) is 1.31. The van der Waals surface area contributed by atoms with Crippen molar-refractivity contribution in [1.82, 2.24) is 5.32 Å². The molecule has 2 unspecified atom stereocenters. The number of hydrogen-bond acceptors (Lipinski definition) is 2. The Morgan fingerprint density at radius 3 is 3.00 bits per heavy atom. The lowest BCUT2D eigenvalue weighted by atomic mass is 9.89. The van der Waals surface area contributed by atoms with Crippen LogP contribution < -0.4 is 10.1 Å². The molecule has 1 N–H and O–H groups in total. The fourth-order valence-corrected chi connectivity index (χ4v) is 2.82. The molecule has 19 heavy (non-hydrogen) atoms. The average Bonchev–Trinajstić information content (AvgIpc) is 2.39. The van der Waals surface area contributed by atoms with Crippen molar-refractivity contribution in [1.29, 1.82) is 0 Å². The summed E-state index contributed by atoms with van der Waals surface area (Å²) in [6, 6.07) is 8.54. The molecule has 0 heterocycles. The van der Waals surface area contributed by atoms with Crippen molar-refractivity contribution in [2.75, 3.05) is 6.54 Å². The van der Waals surface area contributed by atoms with Crippen molar-refractivity contribution in [3.63, 3.8) is 0 Å². The molecule has 1 fully saturated rings. The number of rotatable bonds is 6. The first-order valence-corrected chi connectivity index (χ1v) is 7.74. The van der Waals surface area contributed by atoms with Gasteiger partial charge in [-0.15, -0.1) is 0 Å². The summed E-state index contributed by atoms with van der Waals surface area (Å²) in [5, 5.41) is 3.43. The first-order valence-electron chi connectivity index (χ1n) is 7.74. The lowest BCUT2D eigenvalue weighted by molar-refractivity contribution is 0.129. The minimum Gasteiger partial charge on any atom is -0.490 e. The van der Waals surface area contributed by atoms with E-state index in [4.69, 9.17) is 4.74 Å². The molecule has 2 nitrogen and oxygen atoms in total. The molecule has 0 radical (unpaired) electrons. The third-order valence-corrected chi connectivity index (χ3v) is 3.85. The predicted molar refractivity (Wildman–Crippen MR) is 80.5 cm³/mol. The molecule has 1 aromatic rings. The maximum Gasteiger partial charge on any atom is 0.120 e. The standard InChI is InChI=1S/C17H27NO/c1-3-10-18-13-15-7-5-9-17(12-15)19-16-8-4-6-14(2)11-16/h5,7,9,12,14,16,18H,3-4,6,8,10-11,13H2,1-2H3. The van der Waals surface area contributed by atoms with Gasteiger partial charge in [0.2, 0.25) is 0 Å². The maximum absolute atomic E-state index is 6.14. The number of hydrogen-bond donors (Lipinski definition) is 1. The fraction of sp³-hybridized carbons (Fsp3) is 0.647. The van der Waals surface area contributed by atoms with Crippen LogP contribution in [0.1, 0.15) is 51.5 Å². The molecule has 2 rings (SSSR count). The van der Waals surface area contributed by atoms with E-state index in [1.54, 1.807) is 0 Å². The molecule has 1 saturated carbocycles. The minimum atomic E-state index is 0.419. The summed E-state index contributed by atoms with van der Waals surface area (Å²) in [6.45, 7) is 6.54. The molecule has 1 aromatic carbocycles. The number of benzene rings is 1. The minimum absolute atomic E-state index is 0.419. The van der Waals surface area contributed by atoms with Crippen LogP contribution in [-0.4, -0.2) is 12.6 Å². The molecule has 2 atom stereocenters. The molecule has 0 aromatic heterocycles. The van der Waals surface area contributed by atoms with Crippen molar-refractivity contribution in [2.24, 2.45) is 5.92 Å². The Kier molecular flexibility index (Phi) is 5.71. The zero-order valence-corrected chi connectivity index (χ0v) is 12.3. The molecule has 1 aliphatic carbocycles. The third kappa shape index (κ3) is 4.87. The highest BCUT2D eigenvalue weighted by atomic mass is 16.5. The van der Waals surface area contributed by atoms with Crippen LogP contribution in [0.3, 0.4) is 0 Å². The predicted octanol–water partition coefficient (Wildman–Crippen LogP) is 4.14. The summed E-state index contributed by atoms with van der Waals surface area (Å²) in [7, 11) is 0. The van der Waals surface area contributed by atoms with E-state index in [9.17, 15) is 0 Å². The lowest BCUT2D eigenvalue weighted by Crippen LogP contribution is -2.24. The molecule has 1 aliphatic rings. The van der Waals surface area contributed by atoms with Gasteiger partial charge in [-0.2, -0.15) is 0 Å². The van der Waals surface area contributed by atoms with Crippen LogP contribution in [0.4, 0.5) is 0 Å². The fourth-order valence-electron chi connectivity index (χ4n) is 2.82. The molecular weight excluding hydrogens is 234 g/mol. The van der Waals surface area contributed by atoms with Crippen molar-refractivity contribution in [3.05, 3.63) is 29.8 Å². The molecule has 0 saturated heterocycles. The van der Waals surface area contributed by atoms with E-state index in [1.165, 1.54) is 37.7 Å². The van der Waals surface area contributed by atoms with Crippen molar-refractivity contribution in [2.45, 2.75) is 58.6 Å². The summed E-state index contributed by atoms with van der Waals surface area (Å²) < 4.78 is 6.14. The van der Waals surface area contributed by atoms with Crippen LogP contribution in [0, 0.1) is 5.92 Å². The van der Waals surface area contributed by atoms with Gasteiger partial charge in [-0.25, -0.2) is 0 Å². The Morgan fingerprint density at radius 2 is 2.21 bits per heavy atom. The SMILES string of the molecule is CCCNCc1cccc(OC2CCCC(C)C2)c1. The van der Waals surface area contributed by atoms with Crippen LogP contribution in [0.25, 0.3) is 0 Å². The Bertz CT molecular complexity index is 377. The van der Waals surface area contributed by atoms with E-state index in [2.05, 4.69) is 43.4 Å². The Hall–Kier alpha value is -1.02. The maximum atomic E-state index is 6.14. The highest BCUT2D eigenvalue weighted by Crippen LogP contribution is 2.27. The smallest absolute Gasteiger partial charge is 0.120 e. The monoisotopic (exact) mass is 261 g/mol. The molecule has 0 spiro atoms. The first-order chi connectivity index (χ1) is 9.28. The van der Waals surface area contributed by atoms with Gasteiger partial charge in [-0.1, -0.05) is 32.4 Å². The van der Waals surface area contributed by atoms with Gasteiger partial charge in [0.15, 0.2) is 0 Å². The van der Waals surface area contributed by atoms with Crippen molar-refractivity contribution >= 4 is 0 Å². The van der Waals surface area contributed by atoms with Crippen LogP contribution in [0.15, 0.2) is 24.3 Å². The first kappa shape index (κ1) is 14.4. The Labute approximate surface area is 117 Å². The van der Waals surface area contributed by atoms with E-state index in [-0.39, 0.29) is 0 Å².